The second kappa shape index (κ2) is 19.1. The van der Waals surface area contributed by atoms with Crippen LogP contribution in [0.5, 0.6) is 0 Å². The largest absolute Gasteiger partial charge is 0.302 e. The van der Waals surface area contributed by atoms with E-state index in [0.717, 1.165) is 37.4 Å². The van der Waals surface area contributed by atoms with E-state index in [9.17, 15) is 0 Å². The summed E-state index contributed by atoms with van der Waals surface area (Å²) in [6.45, 7) is 17.5. The molecule has 3 aliphatic heterocycles. The number of halogens is 6. The first-order chi connectivity index (χ1) is 27.5. The van der Waals surface area contributed by atoms with Gasteiger partial charge in [0.1, 0.15) is 0 Å². The Bertz CT molecular complexity index is 1630. The van der Waals surface area contributed by atoms with Crippen molar-refractivity contribution >= 4 is 69.6 Å². The fourth-order valence-corrected chi connectivity index (χ4v) is 13.1. The molecule has 57 heavy (non-hydrogen) atoms. The highest BCUT2D eigenvalue weighted by molar-refractivity contribution is 6.43. The minimum Gasteiger partial charge on any atom is -0.302 e. The number of fused-ring (bicyclic) bond motifs is 3. The molecule has 3 heterocycles. The molecule has 0 N–H and O–H groups in total. The number of nitrogens with zero attached hydrogens (tertiary/aromatic N) is 3. The maximum absolute atomic E-state index is 6.24. The SMILES string of the molecule is CCN1C[C@@H]2CCCCC2(c2ccc(Cl)c(Cl)c2)C1.CCN1C[C@@H]2CCCCC2(c2ccc(Cl)c(Cl)c2)C1.CCN1C[C@H]2CCCCC2(c2ccc(Cl)c(Cl)c2)C1. The Balaban J connectivity index is 0.000000131. The van der Waals surface area contributed by atoms with Crippen LogP contribution in [0.15, 0.2) is 54.6 Å². The highest BCUT2D eigenvalue weighted by Gasteiger charge is 2.50. The molecular weight excluding hydrogens is 831 g/mol. The van der Waals surface area contributed by atoms with Gasteiger partial charge in [-0.25, -0.2) is 0 Å². The van der Waals surface area contributed by atoms with Crippen LogP contribution in [-0.2, 0) is 16.2 Å². The lowest BCUT2D eigenvalue weighted by molar-refractivity contribution is 0.241. The number of hydrogen-bond donors (Lipinski definition) is 0. The van der Waals surface area contributed by atoms with Crippen molar-refractivity contribution in [1.82, 2.24) is 14.7 Å². The molecule has 3 aliphatic carbocycles. The van der Waals surface area contributed by atoms with Crippen LogP contribution in [0.25, 0.3) is 0 Å². The zero-order valence-corrected chi connectivity index (χ0v) is 38.9. The van der Waals surface area contributed by atoms with Gasteiger partial charge in [0.15, 0.2) is 0 Å². The summed E-state index contributed by atoms with van der Waals surface area (Å²) in [6, 6.07) is 18.8. The van der Waals surface area contributed by atoms with E-state index in [2.05, 4.69) is 71.9 Å². The summed E-state index contributed by atoms with van der Waals surface area (Å²) in [5.74, 6) is 2.37. The Morgan fingerprint density at radius 1 is 0.421 bits per heavy atom. The van der Waals surface area contributed by atoms with Crippen LogP contribution in [-0.4, -0.2) is 73.6 Å². The fourth-order valence-electron chi connectivity index (χ4n) is 12.2. The first-order valence-electron chi connectivity index (χ1n) is 22.0. The highest BCUT2D eigenvalue weighted by Crippen LogP contribution is 2.52. The van der Waals surface area contributed by atoms with E-state index >= 15 is 0 Å². The molecule has 9 rings (SSSR count). The van der Waals surface area contributed by atoms with Gasteiger partial charge in [0.2, 0.25) is 0 Å². The fraction of sp³-hybridized carbons (Fsp3) is 0.625. The smallest absolute Gasteiger partial charge is 0.0595 e. The van der Waals surface area contributed by atoms with Crippen LogP contribution in [0, 0.1) is 17.8 Å². The second-order valence-electron chi connectivity index (χ2n) is 18.2. The van der Waals surface area contributed by atoms with Gasteiger partial charge >= 0.3 is 0 Å². The Morgan fingerprint density at radius 2 is 0.702 bits per heavy atom. The normalized spacial score (nSPS) is 31.4. The standard InChI is InChI=1S/3C16H21Cl2N/c3*1-2-19-10-13-5-3-4-8-16(13,11-19)12-6-7-14(17)15(18)9-12/h3*6-7,9,13H,2-5,8,10-11H2,1H3/t3*13-,16?/m100/s1. The molecule has 0 amide bonds. The van der Waals surface area contributed by atoms with E-state index in [1.54, 1.807) is 0 Å². The Kier molecular flexibility index (Phi) is 14.9. The van der Waals surface area contributed by atoms with Gasteiger partial charge in [-0.05, 0) is 129 Å². The molecule has 3 saturated carbocycles. The topological polar surface area (TPSA) is 9.72 Å². The predicted molar refractivity (Wildman–Crippen MR) is 247 cm³/mol. The molecule has 6 aliphatic rings. The molecule has 3 saturated heterocycles. The molecule has 3 unspecified atom stereocenters. The third kappa shape index (κ3) is 9.11. The number of hydrogen-bond acceptors (Lipinski definition) is 3. The van der Waals surface area contributed by atoms with E-state index in [1.165, 1.54) is 133 Å². The average Bonchev–Trinajstić information content (AvgIpc) is 3.94. The van der Waals surface area contributed by atoms with Crippen molar-refractivity contribution in [3.8, 4) is 0 Å². The number of likely N-dealkylation sites (N-methyl/N-ethyl adjacent to an activating group) is 3. The van der Waals surface area contributed by atoms with Gasteiger partial charge in [-0.1, -0.05) is 147 Å². The van der Waals surface area contributed by atoms with Crippen LogP contribution in [0.1, 0.15) is 115 Å². The lowest BCUT2D eigenvalue weighted by atomic mass is 9.64. The number of rotatable bonds is 6. The van der Waals surface area contributed by atoms with Crippen molar-refractivity contribution in [2.24, 2.45) is 17.8 Å². The summed E-state index contributed by atoms with van der Waals surface area (Å²) in [7, 11) is 0. The summed E-state index contributed by atoms with van der Waals surface area (Å²) in [5, 5.41) is 4.10. The van der Waals surface area contributed by atoms with Gasteiger partial charge in [-0.3, -0.25) is 0 Å². The molecule has 6 atom stereocenters. The molecule has 3 aromatic rings. The van der Waals surface area contributed by atoms with Gasteiger partial charge < -0.3 is 14.7 Å². The molecule has 312 valence electrons. The van der Waals surface area contributed by atoms with Gasteiger partial charge in [0, 0.05) is 55.5 Å². The summed E-state index contributed by atoms with van der Waals surface area (Å²) in [5.41, 5.74) is 5.18. The number of likely N-dealkylation sites (tertiary alicyclic amines) is 3. The third-order valence-corrected chi connectivity index (χ3v) is 17.6. The van der Waals surface area contributed by atoms with Gasteiger partial charge in [0.25, 0.3) is 0 Å². The van der Waals surface area contributed by atoms with Crippen LogP contribution in [0.4, 0.5) is 0 Å². The maximum atomic E-state index is 6.24. The minimum absolute atomic E-state index is 0.322. The van der Waals surface area contributed by atoms with Gasteiger partial charge in [-0.15, -0.1) is 0 Å². The maximum Gasteiger partial charge on any atom is 0.0595 e. The van der Waals surface area contributed by atoms with E-state index in [1.807, 2.05) is 18.2 Å². The average molecular weight is 895 g/mol. The summed E-state index contributed by atoms with van der Waals surface area (Å²) in [6.07, 6.45) is 16.1. The lowest BCUT2D eigenvalue weighted by Gasteiger charge is -2.39. The zero-order valence-electron chi connectivity index (χ0n) is 34.4. The van der Waals surface area contributed by atoms with Crippen molar-refractivity contribution < 1.29 is 0 Å². The van der Waals surface area contributed by atoms with E-state index in [0.29, 0.717) is 46.4 Å². The molecule has 0 radical (unpaired) electrons. The molecule has 0 spiro atoms. The minimum atomic E-state index is 0.322. The first kappa shape index (κ1) is 44.3. The highest BCUT2D eigenvalue weighted by atomic mass is 35.5. The molecule has 0 bridgehead atoms. The van der Waals surface area contributed by atoms with E-state index in [-0.39, 0.29) is 0 Å². The molecule has 6 fully saturated rings. The quantitative estimate of drug-likeness (QED) is 0.244. The first-order valence-corrected chi connectivity index (χ1v) is 24.3. The van der Waals surface area contributed by atoms with Crippen molar-refractivity contribution in [1.29, 1.82) is 0 Å². The van der Waals surface area contributed by atoms with E-state index in [4.69, 9.17) is 69.6 Å². The third-order valence-electron chi connectivity index (χ3n) is 15.4. The monoisotopic (exact) mass is 891 g/mol. The van der Waals surface area contributed by atoms with E-state index < -0.39 is 0 Å². The summed E-state index contributed by atoms with van der Waals surface area (Å²) < 4.78 is 0. The summed E-state index contributed by atoms with van der Waals surface area (Å²) >= 11 is 37.0. The molecule has 3 aromatic carbocycles. The molecule has 0 aromatic heterocycles. The van der Waals surface area contributed by atoms with Gasteiger partial charge in [-0.2, -0.15) is 0 Å². The lowest BCUT2D eigenvalue weighted by Crippen LogP contribution is -2.38. The van der Waals surface area contributed by atoms with Crippen molar-refractivity contribution in [2.75, 3.05) is 58.9 Å². The second-order valence-corrected chi connectivity index (χ2v) is 20.6. The molecule has 3 nitrogen and oxygen atoms in total. The Labute approximate surface area is 374 Å². The Hall–Kier alpha value is -0.720. The summed E-state index contributed by atoms with van der Waals surface area (Å²) in [4.78, 5) is 7.79. The predicted octanol–water partition coefficient (Wildman–Crippen LogP) is 14.3. The molecular formula is C48H63Cl6N3. The van der Waals surface area contributed by atoms with Crippen molar-refractivity contribution in [2.45, 2.75) is 114 Å². The van der Waals surface area contributed by atoms with Crippen LogP contribution < -0.4 is 0 Å². The van der Waals surface area contributed by atoms with Gasteiger partial charge in [0.05, 0.1) is 30.1 Å². The zero-order chi connectivity index (χ0) is 40.4. The van der Waals surface area contributed by atoms with Crippen LogP contribution in [0.3, 0.4) is 0 Å². The number of benzene rings is 3. The van der Waals surface area contributed by atoms with Crippen molar-refractivity contribution in [3.63, 3.8) is 0 Å². The van der Waals surface area contributed by atoms with Crippen LogP contribution in [0.2, 0.25) is 30.1 Å². The molecule has 9 heteroatoms. The van der Waals surface area contributed by atoms with Crippen molar-refractivity contribution in [3.05, 3.63) is 101 Å². The van der Waals surface area contributed by atoms with Crippen LogP contribution >= 0.6 is 69.6 Å². The Morgan fingerprint density at radius 3 is 0.947 bits per heavy atom.